The fraction of sp³-hybridized carbons (Fsp3) is 0.400. The Bertz CT molecular complexity index is 1340. The number of aliphatic carboxylic acids is 1. The Morgan fingerprint density at radius 3 is 2.02 bits per heavy atom. The quantitative estimate of drug-likeness (QED) is 0.0491. The molecule has 1 aromatic heterocycles. The van der Waals surface area contributed by atoms with Gasteiger partial charge in [0.2, 0.25) is 29.5 Å². The number of carboxylic acids is 1. The minimum absolute atomic E-state index is 0.0652. The fourth-order valence-corrected chi connectivity index (χ4v) is 4.04. The first-order chi connectivity index (χ1) is 19.8. The van der Waals surface area contributed by atoms with Crippen LogP contribution >= 0.6 is 0 Å². The monoisotopic (exact) mass is 588 g/mol. The number of carboxylic acid groups (broad SMARTS) is 1. The maximum absolute atomic E-state index is 13.2. The van der Waals surface area contributed by atoms with Gasteiger partial charge in [-0.25, -0.2) is 4.79 Å². The Hall–Kier alpha value is -5.19. The average molecular weight is 589 g/mol. The fourth-order valence-electron chi connectivity index (χ4n) is 4.04. The van der Waals surface area contributed by atoms with Gasteiger partial charge >= 0.3 is 5.97 Å². The molecule has 0 fully saturated rings. The molecular weight excluding hydrogens is 552 g/mol. The molecule has 0 aliphatic rings. The molecule has 0 saturated carbocycles. The van der Waals surface area contributed by atoms with E-state index in [-0.39, 0.29) is 31.8 Å². The molecule has 15 N–H and O–H groups in total. The lowest BCUT2D eigenvalue weighted by atomic mass is 10.0. The second kappa shape index (κ2) is 15.6. The third-order valence-corrected chi connectivity index (χ3v) is 6.09. The number of nitrogens with zero attached hydrogens (tertiary/aromatic N) is 1. The zero-order valence-corrected chi connectivity index (χ0v) is 22.7. The van der Waals surface area contributed by atoms with Crippen molar-refractivity contribution >= 4 is 52.4 Å². The number of nitrogens with one attached hydrogen (secondary N) is 4. The third kappa shape index (κ3) is 10.4. The van der Waals surface area contributed by atoms with Crippen molar-refractivity contribution in [1.29, 1.82) is 0 Å². The van der Waals surface area contributed by atoms with Gasteiger partial charge < -0.3 is 54.7 Å². The molecule has 42 heavy (non-hydrogen) atoms. The molecular formula is C25H36N10O7. The number of fused-ring (bicyclic) bond motifs is 1. The number of amides is 5. The van der Waals surface area contributed by atoms with Gasteiger partial charge in [-0.15, -0.1) is 0 Å². The SMILES string of the molecule is NC(=O)CC(NC(=O)C(CCCN=C(N)N)NC(=O)C(CC(N)=O)NC(=O)C(N)Cc1c[nH]c2ccccc12)C(=O)O. The third-order valence-electron chi connectivity index (χ3n) is 6.09. The number of rotatable bonds is 17. The van der Waals surface area contributed by atoms with Crippen LogP contribution in [0.2, 0.25) is 0 Å². The molecule has 2 aromatic rings. The number of hydrogen-bond donors (Lipinski definition) is 10. The number of carbonyl (C=O) groups excluding carboxylic acids is 5. The highest BCUT2D eigenvalue weighted by molar-refractivity contribution is 5.97. The molecule has 0 radical (unpaired) electrons. The summed E-state index contributed by atoms with van der Waals surface area (Å²) in [5, 5.41) is 17.1. The predicted molar refractivity (Wildman–Crippen MR) is 151 cm³/mol. The first-order valence-corrected chi connectivity index (χ1v) is 12.8. The van der Waals surface area contributed by atoms with Crippen molar-refractivity contribution in [2.75, 3.05) is 6.54 Å². The van der Waals surface area contributed by atoms with E-state index in [1.807, 2.05) is 24.3 Å². The molecule has 17 heteroatoms. The molecule has 0 saturated heterocycles. The molecule has 0 aliphatic carbocycles. The standard InChI is InChI=1S/C25H36N10O7/c26-14(8-12-11-32-15-5-2-1-4-13(12)15)21(38)34-17(9-19(27)36)23(40)33-16(6-3-7-31-25(29)30)22(39)35-18(24(41)42)10-20(28)37/h1-2,4-5,11,14,16-18,32H,3,6-10,26H2,(H2,27,36)(H2,28,37)(H,33,40)(H,34,38)(H,35,39)(H,41,42)(H4,29,30,31). The summed E-state index contributed by atoms with van der Waals surface area (Å²) in [6, 6.07) is 1.70. The lowest BCUT2D eigenvalue weighted by molar-refractivity contribution is -0.144. The van der Waals surface area contributed by atoms with E-state index in [4.69, 9.17) is 28.7 Å². The highest BCUT2D eigenvalue weighted by atomic mass is 16.4. The van der Waals surface area contributed by atoms with Gasteiger partial charge in [0, 0.05) is 23.6 Å². The van der Waals surface area contributed by atoms with E-state index in [1.165, 1.54) is 0 Å². The van der Waals surface area contributed by atoms with Crippen LogP contribution in [0.4, 0.5) is 0 Å². The summed E-state index contributed by atoms with van der Waals surface area (Å²) in [6.45, 7) is 0.0652. The van der Waals surface area contributed by atoms with Crippen LogP contribution < -0.4 is 44.6 Å². The Morgan fingerprint density at radius 1 is 0.833 bits per heavy atom. The Labute approximate surface area is 240 Å². The summed E-state index contributed by atoms with van der Waals surface area (Å²) in [5.74, 6) is -6.35. The number of H-pyrrole nitrogens is 1. The second-order valence-electron chi connectivity index (χ2n) is 9.48. The molecule has 4 atom stereocenters. The first-order valence-electron chi connectivity index (χ1n) is 12.8. The second-order valence-corrected chi connectivity index (χ2v) is 9.48. The predicted octanol–water partition coefficient (Wildman–Crippen LogP) is -3.62. The van der Waals surface area contributed by atoms with Crippen LogP contribution in [0.5, 0.6) is 0 Å². The number of para-hydroxylation sites is 1. The molecule has 1 heterocycles. The molecule has 0 bridgehead atoms. The van der Waals surface area contributed by atoms with Crippen molar-refractivity contribution in [2.24, 2.45) is 33.7 Å². The number of hydrogen-bond acceptors (Lipinski definition) is 8. The molecule has 0 aliphatic heterocycles. The summed E-state index contributed by atoms with van der Waals surface area (Å²) in [7, 11) is 0. The molecule has 17 nitrogen and oxygen atoms in total. The Morgan fingerprint density at radius 2 is 1.40 bits per heavy atom. The zero-order valence-electron chi connectivity index (χ0n) is 22.7. The Kier molecular flexibility index (Phi) is 12.2. The van der Waals surface area contributed by atoms with Crippen LogP contribution in [-0.4, -0.2) is 82.3 Å². The Balaban J connectivity index is 2.17. The molecule has 5 amide bonds. The van der Waals surface area contributed by atoms with Crippen molar-refractivity contribution in [1.82, 2.24) is 20.9 Å². The van der Waals surface area contributed by atoms with E-state index in [9.17, 15) is 33.9 Å². The van der Waals surface area contributed by atoms with E-state index in [2.05, 4.69) is 25.9 Å². The number of guanidine groups is 1. The molecule has 228 valence electrons. The minimum atomic E-state index is -1.67. The van der Waals surface area contributed by atoms with Gasteiger partial charge in [-0.05, 0) is 30.9 Å². The van der Waals surface area contributed by atoms with Crippen LogP contribution in [0.25, 0.3) is 10.9 Å². The van der Waals surface area contributed by atoms with Gasteiger partial charge in [0.15, 0.2) is 5.96 Å². The topological polar surface area (TPSA) is 317 Å². The van der Waals surface area contributed by atoms with Gasteiger partial charge in [0.05, 0.1) is 18.9 Å². The molecule has 1 aromatic carbocycles. The zero-order chi connectivity index (χ0) is 31.4. The maximum atomic E-state index is 13.2. The summed E-state index contributed by atoms with van der Waals surface area (Å²) in [5.41, 5.74) is 28.6. The van der Waals surface area contributed by atoms with Gasteiger partial charge in [-0.3, -0.25) is 29.0 Å². The van der Waals surface area contributed by atoms with Crippen LogP contribution in [0.15, 0.2) is 35.5 Å². The lowest BCUT2D eigenvalue weighted by Gasteiger charge is -2.24. The largest absolute Gasteiger partial charge is 0.480 e. The van der Waals surface area contributed by atoms with Crippen molar-refractivity contribution < 1.29 is 33.9 Å². The number of nitrogens with two attached hydrogens (primary N) is 5. The van der Waals surface area contributed by atoms with Crippen LogP contribution in [0, 0.1) is 0 Å². The summed E-state index contributed by atoms with van der Waals surface area (Å²) >= 11 is 0. The van der Waals surface area contributed by atoms with E-state index in [0.717, 1.165) is 16.5 Å². The van der Waals surface area contributed by atoms with E-state index >= 15 is 0 Å². The summed E-state index contributed by atoms with van der Waals surface area (Å²) in [6.07, 6.45) is 0.552. The van der Waals surface area contributed by atoms with Gasteiger partial charge in [0.25, 0.3) is 0 Å². The van der Waals surface area contributed by atoms with Crippen molar-refractivity contribution in [3.05, 3.63) is 36.0 Å². The van der Waals surface area contributed by atoms with Crippen LogP contribution in [-0.2, 0) is 35.2 Å². The number of aromatic nitrogens is 1. The van der Waals surface area contributed by atoms with Crippen molar-refractivity contribution in [3.63, 3.8) is 0 Å². The van der Waals surface area contributed by atoms with Crippen LogP contribution in [0.1, 0.15) is 31.2 Å². The maximum Gasteiger partial charge on any atom is 0.326 e. The number of benzene rings is 1. The van der Waals surface area contributed by atoms with Gasteiger partial charge in [-0.1, -0.05) is 18.2 Å². The number of primary amides is 2. The van der Waals surface area contributed by atoms with Crippen molar-refractivity contribution in [2.45, 2.75) is 56.3 Å². The molecule has 2 rings (SSSR count). The minimum Gasteiger partial charge on any atom is -0.480 e. The average Bonchev–Trinajstić information content (AvgIpc) is 3.31. The van der Waals surface area contributed by atoms with Gasteiger partial charge in [0.1, 0.15) is 18.1 Å². The van der Waals surface area contributed by atoms with Gasteiger partial charge in [-0.2, -0.15) is 0 Å². The number of aromatic amines is 1. The van der Waals surface area contributed by atoms with E-state index in [1.54, 1.807) is 6.20 Å². The van der Waals surface area contributed by atoms with Crippen LogP contribution in [0.3, 0.4) is 0 Å². The summed E-state index contributed by atoms with van der Waals surface area (Å²) < 4.78 is 0. The molecule has 0 spiro atoms. The number of carbonyl (C=O) groups is 6. The molecule has 4 unspecified atom stereocenters. The van der Waals surface area contributed by atoms with E-state index in [0.29, 0.717) is 0 Å². The van der Waals surface area contributed by atoms with Crippen molar-refractivity contribution in [3.8, 4) is 0 Å². The van der Waals surface area contributed by atoms with E-state index < -0.39 is 72.5 Å². The lowest BCUT2D eigenvalue weighted by Crippen LogP contribution is -2.58. The summed E-state index contributed by atoms with van der Waals surface area (Å²) in [4.78, 5) is 80.3. The first kappa shape index (κ1) is 33.0. The number of aliphatic imine (C=N–C) groups is 1. The highest BCUT2D eigenvalue weighted by Crippen LogP contribution is 2.18. The highest BCUT2D eigenvalue weighted by Gasteiger charge is 2.31. The smallest absolute Gasteiger partial charge is 0.326 e. The normalized spacial score (nSPS) is 13.6.